The van der Waals surface area contributed by atoms with Crippen LogP contribution in [-0.4, -0.2) is 25.3 Å². The molecule has 0 aromatic heterocycles. The number of likely N-dealkylation sites (N-methyl/N-ethyl adjacent to an activating group) is 1. The van der Waals surface area contributed by atoms with Crippen LogP contribution in [0.3, 0.4) is 0 Å². The smallest absolute Gasteiger partial charge is 0.264 e. The molecule has 0 aliphatic carbocycles. The second-order valence-corrected chi connectivity index (χ2v) is 6.14. The number of hydrazine groups is 1. The summed E-state index contributed by atoms with van der Waals surface area (Å²) in [5, 5.41) is 0. The molecule has 0 saturated carbocycles. The number of anilines is 1. The predicted molar refractivity (Wildman–Crippen MR) is 112 cm³/mol. The summed E-state index contributed by atoms with van der Waals surface area (Å²) in [5.41, 5.74) is 12.5. The molecule has 1 aromatic carbocycles. The first-order valence-electron chi connectivity index (χ1n) is 9.00. The van der Waals surface area contributed by atoms with Crippen molar-refractivity contribution in [1.29, 1.82) is 0 Å². The standard InChI is InChI=1S/C11H14N4O2.C9H17N/c1-15-9-4-7(8(12)5-14-13)2-3-10(9)17-6-11(15)16;1-5-7-9(4)10-8(3)6-2/h2-5,14H,6,12-13H2,1H3;7H,5-6H2,1-4H3/b8-5-;9-7-,10-8?. The second kappa shape index (κ2) is 11.0. The third-order valence-corrected chi connectivity index (χ3v) is 4.00. The minimum atomic E-state index is -0.0887. The Bertz CT molecular complexity index is 738. The highest BCUT2D eigenvalue weighted by Crippen LogP contribution is 2.32. The van der Waals surface area contributed by atoms with E-state index in [2.05, 4.69) is 37.3 Å². The van der Waals surface area contributed by atoms with Gasteiger partial charge in [-0.05, 0) is 44.9 Å². The minimum absolute atomic E-state index is 0.0680. The summed E-state index contributed by atoms with van der Waals surface area (Å²) in [5.74, 6) is 5.74. The lowest BCUT2D eigenvalue weighted by Crippen LogP contribution is -2.35. The molecule has 0 radical (unpaired) electrons. The van der Waals surface area contributed by atoms with Gasteiger partial charge in [0.2, 0.25) is 0 Å². The SMILES string of the molecule is CC/C=C(/C)N=C(C)CC.CN1C(=O)COc2ccc(/C(N)=C/NN)cc21. The third kappa shape index (κ3) is 6.79. The van der Waals surface area contributed by atoms with E-state index in [1.807, 2.05) is 13.0 Å². The first-order valence-corrected chi connectivity index (χ1v) is 9.00. The molecule has 1 amide bonds. The first-order chi connectivity index (χ1) is 12.8. The van der Waals surface area contributed by atoms with Gasteiger partial charge < -0.3 is 20.8 Å². The summed E-state index contributed by atoms with van der Waals surface area (Å²) in [7, 11) is 1.70. The summed E-state index contributed by atoms with van der Waals surface area (Å²) < 4.78 is 5.31. The lowest BCUT2D eigenvalue weighted by molar-refractivity contribution is -0.120. The predicted octanol–water partition coefficient (Wildman–Crippen LogP) is 2.93. The van der Waals surface area contributed by atoms with E-state index in [0.29, 0.717) is 17.1 Å². The molecule has 27 heavy (non-hydrogen) atoms. The molecule has 0 atom stereocenters. The molecule has 1 aliphatic heterocycles. The van der Waals surface area contributed by atoms with Gasteiger partial charge >= 0.3 is 0 Å². The fourth-order valence-corrected chi connectivity index (χ4v) is 2.35. The topological polar surface area (TPSA) is 106 Å². The number of fused-ring (bicyclic) bond motifs is 1. The summed E-state index contributed by atoms with van der Waals surface area (Å²) in [6.07, 6.45) is 5.74. The number of nitrogens with two attached hydrogens (primary N) is 2. The maximum absolute atomic E-state index is 11.5. The van der Waals surface area contributed by atoms with Crippen LogP contribution in [-0.2, 0) is 4.79 Å². The number of benzene rings is 1. The Morgan fingerprint density at radius 1 is 1.37 bits per heavy atom. The number of hydrogen-bond acceptors (Lipinski definition) is 6. The number of hydrogen-bond donors (Lipinski definition) is 3. The number of carbonyl (C=O) groups excluding carboxylic acids is 1. The van der Waals surface area contributed by atoms with Gasteiger partial charge in [-0.1, -0.05) is 19.9 Å². The van der Waals surface area contributed by atoms with E-state index >= 15 is 0 Å². The van der Waals surface area contributed by atoms with E-state index in [9.17, 15) is 4.79 Å². The molecule has 148 valence electrons. The Kier molecular flexibility index (Phi) is 9.08. The molecule has 5 N–H and O–H groups in total. The highest BCUT2D eigenvalue weighted by Gasteiger charge is 2.22. The average Bonchev–Trinajstić information content (AvgIpc) is 2.65. The molecular formula is C20H31N5O2. The van der Waals surface area contributed by atoms with E-state index in [-0.39, 0.29) is 12.5 Å². The van der Waals surface area contributed by atoms with E-state index in [1.165, 1.54) is 11.9 Å². The number of allylic oxidation sites excluding steroid dienone is 2. The molecule has 7 nitrogen and oxygen atoms in total. The van der Waals surface area contributed by atoms with Crippen LogP contribution in [0.2, 0.25) is 0 Å². The van der Waals surface area contributed by atoms with E-state index in [1.54, 1.807) is 24.1 Å². The maximum atomic E-state index is 11.5. The Morgan fingerprint density at radius 3 is 2.67 bits per heavy atom. The van der Waals surface area contributed by atoms with Crippen molar-refractivity contribution in [3.63, 3.8) is 0 Å². The van der Waals surface area contributed by atoms with E-state index < -0.39 is 0 Å². The zero-order valence-corrected chi connectivity index (χ0v) is 16.9. The van der Waals surface area contributed by atoms with Gasteiger partial charge in [-0.3, -0.25) is 15.6 Å². The van der Waals surface area contributed by atoms with Gasteiger partial charge in [0.25, 0.3) is 5.91 Å². The summed E-state index contributed by atoms with van der Waals surface area (Å²) in [6.45, 7) is 8.42. The average molecular weight is 374 g/mol. The largest absolute Gasteiger partial charge is 0.482 e. The number of ether oxygens (including phenoxy) is 1. The van der Waals surface area contributed by atoms with Crippen LogP contribution < -0.4 is 26.6 Å². The van der Waals surface area contributed by atoms with Crippen molar-refractivity contribution in [2.24, 2.45) is 16.6 Å². The van der Waals surface area contributed by atoms with Crippen molar-refractivity contribution in [2.45, 2.75) is 40.5 Å². The molecule has 0 unspecified atom stereocenters. The van der Waals surface area contributed by atoms with Gasteiger partial charge in [-0.2, -0.15) is 0 Å². The van der Waals surface area contributed by atoms with Gasteiger partial charge in [-0.25, -0.2) is 0 Å². The molecular weight excluding hydrogens is 342 g/mol. The minimum Gasteiger partial charge on any atom is -0.482 e. The number of nitrogens with zero attached hydrogens (tertiary/aromatic N) is 2. The number of nitrogens with one attached hydrogen (secondary N) is 1. The van der Waals surface area contributed by atoms with Crippen molar-refractivity contribution in [3.8, 4) is 5.75 Å². The van der Waals surface area contributed by atoms with Crippen molar-refractivity contribution in [1.82, 2.24) is 5.43 Å². The van der Waals surface area contributed by atoms with Crippen LogP contribution in [0.5, 0.6) is 5.75 Å². The van der Waals surface area contributed by atoms with Gasteiger partial charge in [0.15, 0.2) is 6.61 Å². The Balaban J connectivity index is 0.000000314. The van der Waals surface area contributed by atoms with Crippen molar-refractivity contribution >= 4 is 23.0 Å². The summed E-state index contributed by atoms with van der Waals surface area (Å²) in [4.78, 5) is 17.4. The number of carbonyl (C=O) groups is 1. The van der Waals surface area contributed by atoms with Crippen molar-refractivity contribution < 1.29 is 9.53 Å². The monoisotopic (exact) mass is 373 g/mol. The summed E-state index contributed by atoms with van der Waals surface area (Å²) in [6, 6.07) is 5.38. The van der Waals surface area contributed by atoms with E-state index in [0.717, 1.165) is 24.1 Å². The van der Waals surface area contributed by atoms with Crippen LogP contribution in [0.1, 0.15) is 46.1 Å². The highest BCUT2D eigenvalue weighted by molar-refractivity contribution is 5.97. The normalized spacial score (nSPS) is 14.8. The van der Waals surface area contributed by atoms with Gasteiger partial charge in [0.05, 0.1) is 11.4 Å². The molecule has 1 heterocycles. The maximum Gasteiger partial charge on any atom is 0.264 e. The zero-order valence-electron chi connectivity index (χ0n) is 16.9. The first kappa shape index (κ1) is 22.2. The summed E-state index contributed by atoms with van der Waals surface area (Å²) >= 11 is 0. The van der Waals surface area contributed by atoms with Crippen LogP contribution >= 0.6 is 0 Å². The lowest BCUT2D eigenvalue weighted by Gasteiger charge is -2.26. The lowest BCUT2D eigenvalue weighted by atomic mass is 10.1. The zero-order chi connectivity index (χ0) is 20.4. The highest BCUT2D eigenvalue weighted by atomic mass is 16.5. The quantitative estimate of drug-likeness (QED) is 0.418. The molecule has 2 rings (SSSR count). The molecule has 1 aromatic rings. The van der Waals surface area contributed by atoms with Crippen molar-refractivity contribution in [2.75, 3.05) is 18.6 Å². The fraction of sp³-hybridized carbons (Fsp3) is 0.400. The van der Waals surface area contributed by atoms with Crippen LogP contribution in [0.4, 0.5) is 5.69 Å². The molecule has 0 spiro atoms. The molecule has 1 aliphatic rings. The Labute approximate surface area is 161 Å². The van der Waals surface area contributed by atoms with E-state index in [4.69, 9.17) is 16.3 Å². The second-order valence-electron chi connectivity index (χ2n) is 6.14. The van der Waals surface area contributed by atoms with Crippen LogP contribution in [0, 0.1) is 0 Å². The molecule has 0 saturated heterocycles. The number of aliphatic imine (C=N–C) groups is 1. The molecule has 0 fully saturated rings. The van der Waals surface area contributed by atoms with Crippen LogP contribution in [0.15, 0.2) is 41.2 Å². The number of rotatable bonds is 5. The molecule has 7 heteroatoms. The fourth-order valence-electron chi connectivity index (χ4n) is 2.35. The number of amides is 1. The van der Waals surface area contributed by atoms with Crippen molar-refractivity contribution in [3.05, 3.63) is 41.7 Å². The van der Waals surface area contributed by atoms with Gasteiger partial charge in [0, 0.05) is 30.2 Å². The molecule has 0 bridgehead atoms. The Morgan fingerprint density at radius 2 is 2.07 bits per heavy atom. The Hall–Kier alpha value is -2.80. The van der Waals surface area contributed by atoms with Crippen LogP contribution in [0.25, 0.3) is 5.70 Å². The van der Waals surface area contributed by atoms with Gasteiger partial charge in [0.1, 0.15) is 5.75 Å². The third-order valence-electron chi connectivity index (χ3n) is 4.00. The van der Waals surface area contributed by atoms with Gasteiger partial charge in [-0.15, -0.1) is 0 Å².